The van der Waals surface area contributed by atoms with E-state index in [1.165, 1.54) is 25.7 Å². The SMILES string of the molecule is CC1CCCCC1NC(=O)C1CCNCC1.Cl. The van der Waals surface area contributed by atoms with Gasteiger partial charge in [0.1, 0.15) is 0 Å². The fourth-order valence-electron chi connectivity index (χ4n) is 2.92. The Balaban J connectivity index is 0.00000144. The van der Waals surface area contributed by atoms with Gasteiger partial charge in [-0.05, 0) is 44.7 Å². The van der Waals surface area contributed by atoms with E-state index in [1.54, 1.807) is 0 Å². The lowest BCUT2D eigenvalue weighted by molar-refractivity contribution is -0.127. The number of hydrogen-bond acceptors (Lipinski definition) is 2. The quantitative estimate of drug-likeness (QED) is 0.799. The van der Waals surface area contributed by atoms with Gasteiger partial charge in [-0.15, -0.1) is 12.4 Å². The first-order valence-corrected chi connectivity index (χ1v) is 6.78. The normalized spacial score (nSPS) is 30.4. The minimum absolute atomic E-state index is 0. The van der Waals surface area contributed by atoms with Crippen LogP contribution in [-0.4, -0.2) is 25.0 Å². The van der Waals surface area contributed by atoms with Crippen LogP contribution in [0.2, 0.25) is 0 Å². The summed E-state index contributed by atoms with van der Waals surface area (Å²) in [5, 5.41) is 6.57. The van der Waals surface area contributed by atoms with E-state index in [1.807, 2.05) is 0 Å². The highest BCUT2D eigenvalue weighted by molar-refractivity contribution is 5.85. The van der Waals surface area contributed by atoms with Crippen LogP contribution in [0.1, 0.15) is 45.4 Å². The monoisotopic (exact) mass is 260 g/mol. The highest BCUT2D eigenvalue weighted by Gasteiger charge is 2.27. The molecule has 4 heteroatoms. The van der Waals surface area contributed by atoms with Crippen molar-refractivity contribution in [3.05, 3.63) is 0 Å². The lowest BCUT2D eigenvalue weighted by Gasteiger charge is -2.31. The van der Waals surface area contributed by atoms with Gasteiger partial charge in [-0.1, -0.05) is 19.8 Å². The predicted octanol–water partition coefficient (Wildman–Crippen LogP) is 2.10. The van der Waals surface area contributed by atoms with Crippen LogP contribution in [0.25, 0.3) is 0 Å². The van der Waals surface area contributed by atoms with Crippen LogP contribution in [-0.2, 0) is 4.79 Å². The molecule has 1 saturated carbocycles. The van der Waals surface area contributed by atoms with Gasteiger partial charge in [0.2, 0.25) is 5.91 Å². The van der Waals surface area contributed by atoms with Crippen molar-refractivity contribution in [1.29, 1.82) is 0 Å². The Kier molecular flexibility index (Phi) is 6.28. The van der Waals surface area contributed by atoms with E-state index in [-0.39, 0.29) is 18.3 Å². The molecule has 2 aliphatic rings. The van der Waals surface area contributed by atoms with E-state index < -0.39 is 0 Å². The Morgan fingerprint density at radius 1 is 1.12 bits per heavy atom. The van der Waals surface area contributed by atoms with E-state index in [0.29, 0.717) is 17.9 Å². The van der Waals surface area contributed by atoms with Crippen molar-refractivity contribution in [3.63, 3.8) is 0 Å². The first kappa shape index (κ1) is 14.8. The van der Waals surface area contributed by atoms with E-state index in [9.17, 15) is 4.79 Å². The molecule has 2 N–H and O–H groups in total. The van der Waals surface area contributed by atoms with Crippen molar-refractivity contribution >= 4 is 18.3 Å². The number of hydrogen-bond donors (Lipinski definition) is 2. The van der Waals surface area contributed by atoms with Crippen LogP contribution in [0, 0.1) is 11.8 Å². The van der Waals surface area contributed by atoms with E-state index in [2.05, 4.69) is 17.6 Å². The first-order valence-electron chi connectivity index (χ1n) is 6.78. The van der Waals surface area contributed by atoms with E-state index in [0.717, 1.165) is 25.9 Å². The van der Waals surface area contributed by atoms with Crippen LogP contribution in [0.4, 0.5) is 0 Å². The molecule has 1 aliphatic carbocycles. The largest absolute Gasteiger partial charge is 0.353 e. The topological polar surface area (TPSA) is 41.1 Å². The molecule has 2 rings (SSSR count). The summed E-state index contributed by atoms with van der Waals surface area (Å²) in [4.78, 5) is 12.1. The first-order chi connectivity index (χ1) is 7.77. The summed E-state index contributed by atoms with van der Waals surface area (Å²) in [6.07, 6.45) is 7.08. The molecule has 0 spiro atoms. The maximum atomic E-state index is 12.1. The maximum absolute atomic E-state index is 12.1. The molecule has 3 nitrogen and oxygen atoms in total. The van der Waals surface area contributed by atoms with Gasteiger partial charge in [0.05, 0.1) is 0 Å². The number of piperidine rings is 1. The second-order valence-corrected chi connectivity index (χ2v) is 5.40. The molecule has 0 aromatic rings. The van der Waals surface area contributed by atoms with Crippen LogP contribution >= 0.6 is 12.4 Å². The average Bonchev–Trinajstić information content (AvgIpc) is 2.33. The molecule has 2 fully saturated rings. The van der Waals surface area contributed by atoms with Crippen molar-refractivity contribution in [2.75, 3.05) is 13.1 Å². The number of carbonyl (C=O) groups is 1. The van der Waals surface area contributed by atoms with Gasteiger partial charge in [0.15, 0.2) is 0 Å². The summed E-state index contributed by atoms with van der Waals surface area (Å²) in [6.45, 7) is 4.27. The van der Waals surface area contributed by atoms with Crippen molar-refractivity contribution in [2.45, 2.75) is 51.5 Å². The van der Waals surface area contributed by atoms with Gasteiger partial charge in [0.25, 0.3) is 0 Å². The zero-order chi connectivity index (χ0) is 11.4. The van der Waals surface area contributed by atoms with Crippen molar-refractivity contribution in [3.8, 4) is 0 Å². The minimum Gasteiger partial charge on any atom is -0.353 e. The number of nitrogens with one attached hydrogen (secondary N) is 2. The molecule has 0 aromatic heterocycles. The van der Waals surface area contributed by atoms with Crippen LogP contribution in [0.3, 0.4) is 0 Å². The molecule has 1 amide bonds. The zero-order valence-electron chi connectivity index (χ0n) is 10.7. The van der Waals surface area contributed by atoms with E-state index >= 15 is 0 Å². The van der Waals surface area contributed by atoms with Crippen molar-refractivity contribution < 1.29 is 4.79 Å². The predicted molar refractivity (Wildman–Crippen MR) is 72.4 cm³/mol. The molecule has 17 heavy (non-hydrogen) atoms. The van der Waals surface area contributed by atoms with Crippen LogP contribution < -0.4 is 10.6 Å². The second kappa shape index (κ2) is 7.22. The molecule has 1 saturated heterocycles. The lowest BCUT2D eigenvalue weighted by Crippen LogP contribution is -2.46. The molecular weight excluding hydrogens is 236 g/mol. The second-order valence-electron chi connectivity index (χ2n) is 5.40. The highest BCUT2D eigenvalue weighted by atomic mass is 35.5. The molecule has 100 valence electrons. The Morgan fingerprint density at radius 2 is 1.76 bits per heavy atom. The number of carbonyl (C=O) groups excluding carboxylic acids is 1. The standard InChI is InChI=1S/C13H24N2O.ClH/c1-10-4-2-3-5-12(10)15-13(16)11-6-8-14-9-7-11;/h10-12,14H,2-9H2,1H3,(H,15,16);1H. The summed E-state index contributed by atoms with van der Waals surface area (Å²) in [5.41, 5.74) is 0. The van der Waals surface area contributed by atoms with Gasteiger partial charge >= 0.3 is 0 Å². The maximum Gasteiger partial charge on any atom is 0.223 e. The summed E-state index contributed by atoms with van der Waals surface area (Å²) in [7, 11) is 0. The molecule has 0 aromatic carbocycles. The minimum atomic E-state index is 0. The third kappa shape index (κ3) is 4.14. The summed E-state index contributed by atoms with van der Waals surface area (Å²) < 4.78 is 0. The van der Waals surface area contributed by atoms with Gasteiger partial charge < -0.3 is 10.6 Å². The fraction of sp³-hybridized carbons (Fsp3) is 0.923. The molecule has 1 aliphatic heterocycles. The third-order valence-electron chi connectivity index (χ3n) is 4.15. The fourth-order valence-corrected chi connectivity index (χ4v) is 2.92. The Bertz CT molecular complexity index is 242. The van der Waals surface area contributed by atoms with Crippen LogP contribution in [0.15, 0.2) is 0 Å². The Hall–Kier alpha value is -0.280. The average molecular weight is 261 g/mol. The zero-order valence-corrected chi connectivity index (χ0v) is 11.5. The molecule has 1 heterocycles. The highest BCUT2D eigenvalue weighted by Crippen LogP contribution is 2.24. The summed E-state index contributed by atoms with van der Waals surface area (Å²) >= 11 is 0. The third-order valence-corrected chi connectivity index (χ3v) is 4.15. The van der Waals surface area contributed by atoms with Crippen LogP contribution in [0.5, 0.6) is 0 Å². The van der Waals surface area contributed by atoms with Gasteiger partial charge in [-0.2, -0.15) is 0 Å². The molecule has 0 radical (unpaired) electrons. The number of amides is 1. The van der Waals surface area contributed by atoms with Gasteiger partial charge in [-0.3, -0.25) is 4.79 Å². The smallest absolute Gasteiger partial charge is 0.223 e. The number of rotatable bonds is 2. The summed E-state index contributed by atoms with van der Waals surface area (Å²) in [5.74, 6) is 1.23. The Morgan fingerprint density at radius 3 is 2.41 bits per heavy atom. The summed E-state index contributed by atoms with van der Waals surface area (Å²) in [6, 6.07) is 0.441. The molecule has 2 unspecified atom stereocenters. The Labute approximate surface area is 111 Å². The number of halogens is 1. The van der Waals surface area contributed by atoms with E-state index in [4.69, 9.17) is 0 Å². The van der Waals surface area contributed by atoms with Gasteiger partial charge in [0, 0.05) is 12.0 Å². The molecular formula is C13H25ClN2O. The van der Waals surface area contributed by atoms with Gasteiger partial charge in [-0.25, -0.2) is 0 Å². The molecule has 2 atom stereocenters. The lowest BCUT2D eigenvalue weighted by atomic mass is 9.85. The molecule has 0 bridgehead atoms. The van der Waals surface area contributed by atoms with Crippen molar-refractivity contribution in [1.82, 2.24) is 10.6 Å². The van der Waals surface area contributed by atoms with Crippen molar-refractivity contribution in [2.24, 2.45) is 11.8 Å².